The van der Waals surface area contributed by atoms with Gasteiger partial charge in [-0.05, 0) is 6.42 Å². The van der Waals surface area contributed by atoms with Gasteiger partial charge in [0.1, 0.15) is 24.4 Å². The topological polar surface area (TPSA) is 90.2 Å². The van der Waals surface area contributed by atoms with Crippen LogP contribution >= 0.6 is 0 Å². The molecule has 0 aromatic rings. The van der Waals surface area contributed by atoms with E-state index < -0.39 is 30.5 Å². The highest BCUT2D eigenvalue weighted by Gasteiger charge is 2.42. The number of rotatable bonds is 3. The zero-order valence-corrected chi connectivity index (χ0v) is 8.21. The molecule has 0 aromatic heterocycles. The Morgan fingerprint density at radius 2 is 1.57 bits per heavy atom. The third-order valence-electron chi connectivity index (χ3n) is 2.56. The van der Waals surface area contributed by atoms with Crippen molar-refractivity contribution in [1.29, 1.82) is 0 Å². The lowest BCUT2D eigenvalue weighted by Gasteiger charge is -2.40. The molecule has 1 saturated heterocycles. The van der Waals surface area contributed by atoms with Gasteiger partial charge >= 0.3 is 0 Å². The minimum Gasteiger partial charge on any atom is -0.394 e. The lowest BCUT2D eigenvalue weighted by atomic mass is 9.93. The van der Waals surface area contributed by atoms with Crippen molar-refractivity contribution >= 4 is 0 Å². The molecular weight excluding hydrogens is 188 g/mol. The Morgan fingerprint density at radius 1 is 1.00 bits per heavy atom. The van der Waals surface area contributed by atoms with Crippen LogP contribution in [0.2, 0.25) is 0 Å². The first kappa shape index (κ1) is 11.9. The van der Waals surface area contributed by atoms with Gasteiger partial charge in [0.25, 0.3) is 0 Å². The van der Waals surface area contributed by atoms with Crippen LogP contribution in [0.4, 0.5) is 0 Å². The molecule has 0 radical (unpaired) electrons. The van der Waals surface area contributed by atoms with Crippen molar-refractivity contribution in [3.8, 4) is 0 Å². The first-order valence-electron chi connectivity index (χ1n) is 4.92. The quantitative estimate of drug-likeness (QED) is 0.457. The van der Waals surface area contributed by atoms with Gasteiger partial charge in [-0.25, -0.2) is 0 Å². The maximum Gasteiger partial charge on any atom is 0.111 e. The van der Waals surface area contributed by atoms with Gasteiger partial charge in [0.2, 0.25) is 0 Å². The zero-order valence-electron chi connectivity index (χ0n) is 8.21. The highest BCUT2D eigenvalue weighted by atomic mass is 16.5. The maximum atomic E-state index is 9.54. The number of ether oxygens (including phenoxy) is 1. The second-order valence-electron chi connectivity index (χ2n) is 3.66. The van der Waals surface area contributed by atoms with Gasteiger partial charge < -0.3 is 25.2 Å². The van der Waals surface area contributed by atoms with Crippen LogP contribution in [-0.4, -0.2) is 57.6 Å². The van der Waals surface area contributed by atoms with Crippen molar-refractivity contribution in [3.63, 3.8) is 0 Å². The first-order chi connectivity index (χ1) is 6.61. The number of hydrogen-bond acceptors (Lipinski definition) is 5. The normalized spacial score (nSPS) is 43.9. The summed E-state index contributed by atoms with van der Waals surface area (Å²) in [6.07, 6.45) is -3.43. The highest BCUT2D eigenvalue weighted by Crippen LogP contribution is 2.23. The predicted octanol–water partition coefficient (Wildman–Crippen LogP) is -1.37. The molecule has 5 atom stereocenters. The van der Waals surface area contributed by atoms with E-state index in [-0.39, 0.29) is 6.61 Å². The molecule has 1 aliphatic rings. The number of aliphatic hydroxyl groups excluding tert-OH is 4. The van der Waals surface area contributed by atoms with Gasteiger partial charge in [-0.1, -0.05) is 13.3 Å². The zero-order chi connectivity index (χ0) is 10.7. The average molecular weight is 206 g/mol. The highest BCUT2D eigenvalue weighted by molar-refractivity contribution is 4.91. The fourth-order valence-electron chi connectivity index (χ4n) is 1.70. The van der Waals surface area contributed by atoms with Gasteiger partial charge in [-0.3, -0.25) is 0 Å². The SMILES string of the molecule is CCC[C@@H]1O[C@H](CO)[C@@H](O)[C@H](O)[C@@H]1O. The fraction of sp³-hybridized carbons (Fsp3) is 1.00. The van der Waals surface area contributed by atoms with Gasteiger partial charge in [0.05, 0.1) is 12.7 Å². The molecule has 1 heterocycles. The van der Waals surface area contributed by atoms with E-state index in [9.17, 15) is 15.3 Å². The van der Waals surface area contributed by atoms with E-state index in [1.165, 1.54) is 0 Å². The molecule has 84 valence electrons. The second-order valence-corrected chi connectivity index (χ2v) is 3.66. The van der Waals surface area contributed by atoms with E-state index in [0.717, 1.165) is 6.42 Å². The van der Waals surface area contributed by atoms with Crippen LogP contribution in [0.15, 0.2) is 0 Å². The summed E-state index contributed by atoms with van der Waals surface area (Å²) in [7, 11) is 0. The molecule has 14 heavy (non-hydrogen) atoms. The molecule has 0 aromatic carbocycles. The molecule has 5 heteroatoms. The minimum absolute atomic E-state index is 0.356. The third kappa shape index (κ3) is 2.24. The summed E-state index contributed by atoms with van der Waals surface area (Å²) in [4.78, 5) is 0. The van der Waals surface area contributed by atoms with Crippen LogP contribution in [0.5, 0.6) is 0 Å². The summed E-state index contributed by atoms with van der Waals surface area (Å²) in [5.74, 6) is 0. The van der Waals surface area contributed by atoms with Gasteiger partial charge in [0.15, 0.2) is 0 Å². The van der Waals surface area contributed by atoms with Crippen molar-refractivity contribution in [2.24, 2.45) is 0 Å². The smallest absolute Gasteiger partial charge is 0.111 e. The van der Waals surface area contributed by atoms with Crippen LogP contribution in [0.3, 0.4) is 0 Å². The van der Waals surface area contributed by atoms with Crippen LogP contribution in [-0.2, 0) is 4.74 Å². The van der Waals surface area contributed by atoms with Crippen molar-refractivity contribution < 1.29 is 25.2 Å². The minimum atomic E-state index is -1.24. The van der Waals surface area contributed by atoms with Crippen molar-refractivity contribution in [1.82, 2.24) is 0 Å². The molecule has 1 rings (SSSR count). The van der Waals surface area contributed by atoms with E-state index in [2.05, 4.69) is 0 Å². The second kappa shape index (κ2) is 5.04. The fourth-order valence-corrected chi connectivity index (χ4v) is 1.70. The van der Waals surface area contributed by atoms with E-state index in [1.807, 2.05) is 6.92 Å². The summed E-state index contributed by atoms with van der Waals surface area (Å²) >= 11 is 0. The largest absolute Gasteiger partial charge is 0.394 e. The summed E-state index contributed by atoms with van der Waals surface area (Å²) in [5.41, 5.74) is 0. The van der Waals surface area contributed by atoms with Crippen LogP contribution in [0.25, 0.3) is 0 Å². The van der Waals surface area contributed by atoms with Crippen LogP contribution < -0.4 is 0 Å². The molecular formula is C9H18O5. The third-order valence-corrected chi connectivity index (χ3v) is 2.56. The first-order valence-corrected chi connectivity index (χ1v) is 4.92. The Labute approximate surface area is 82.9 Å². The molecule has 0 saturated carbocycles. The van der Waals surface area contributed by atoms with E-state index in [4.69, 9.17) is 9.84 Å². The lowest BCUT2D eigenvalue weighted by Crippen LogP contribution is -2.58. The summed E-state index contributed by atoms with van der Waals surface area (Å²) < 4.78 is 5.26. The standard InChI is InChI=1S/C9H18O5/c1-2-3-5-7(11)9(13)8(12)6(4-10)14-5/h5-13H,2-4H2,1H3/t5-,6+,7+,8+,9+/m0/s1. The van der Waals surface area contributed by atoms with Crippen molar-refractivity contribution in [2.75, 3.05) is 6.61 Å². The Morgan fingerprint density at radius 3 is 2.07 bits per heavy atom. The molecule has 0 spiro atoms. The molecule has 4 N–H and O–H groups in total. The number of aliphatic hydroxyl groups is 4. The Balaban J connectivity index is 2.63. The Hall–Kier alpha value is -0.200. The molecule has 1 aliphatic heterocycles. The number of hydrogen-bond donors (Lipinski definition) is 4. The molecule has 1 fully saturated rings. The van der Waals surface area contributed by atoms with Gasteiger partial charge in [0, 0.05) is 0 Å². The summed E-state index contributed by atoms with van der Waals surface area (Å²) in [6.45, 7) is 1.58. The average Bonchev–Trinajstić information content (AvgIpc) is 2.19. The van der Waals surface area contributed by atoms with Crippen LogP contribution in [0, 0.1) is 0 Å². The molecule has 0 unspecified atom stereocenters. The molecule has 0 bridgehead atoms. The summed E-state index contributed by atoms with van der Waals surface area (Å²) in [5, 5.41) is 37.3. The Bertz CT molecular complexity index is 171. The van der Waals surface area contributed by atoms with E-state index in [1.54, 1.807) is 0 Å². The maximum absolute atomic E-state index is 9.54. The van der Waals surface area contributed by atoms with E-state index in [0.29, 0.717) is 6.42 Å². The molecule has 0 amide bonds. The predicted molar refractivity (Wildman–Crippen MR) is 48.7 cm³/mol. The van der Waals surface area contributed by atoms with Crippen molar-refractivity contribution in [2.45, 2.75) is 50.3 Å². The molecule has 5 nitrogen and oxygen atoms in total. The lowest BCUT2D eigenvalue weighted by molar-refractivity contribution is -0.230. The van der Waals surface area contributed by atoms with Gasteiger partial charge in [-0.15, -0.1) is 0 Å². The monoisotopic (exact) mass is 206 g/mol. The van der Waals surface area contributed by atoms with E-state index >= 15 is 0 Å². The van der Waals surface area contributed by atoms with Gasteiger partial charge in [-0.2, -0.15) is 0 Å². The van der Waals surface area contributed by atoms with Crippen molar-refractivity contribution in [3.05, 3.63) is 0 Å². The summed E-state index contributed by atoms with van der Waals surface area (Å²) in [6, 6.07) is 0. The van der Waals surface area contributed by atoms with Crippen LogP contribution in [0.1, 0.15) is 19.8 Å². The Kier molecular flexibility index (Phi) is 4.28. The molecule has 0 aliphatic carbocycles.